The molecule has 1 aliphatic rings. The molecule has 1 aromatic carbocycles. The average Bonchev–Trinajstić information content (AvgIpc) is 3.36. The summed E-state index contributed by atoms with van der Waals surface area (Å²) >= 11 is 1.43. The number of amides is 1. The molecule has 25 heavy (non-hydrogen) atoms. The van der Waals surface area contributed by atoms with Gasteiger partial charge in [-0.05, 0) is 51.3 Å². The second kappa shape index (κ2) is 7.56. The number of nitrogens with one attached hydrogen (secondary N) is 1. The first-order chi connectivity index (χ1) is 12.0. The molecule has 1 heterocycles. The highest BCUT2D eigenvalue weighted by Crippen LogP contribution is 2.40. The zero-order chi connectivity index (χ0) is 18.0. The van der Waals surface area contributed by atoms with Gasteiger partial charge in [0.1, 0.15) is 11.6 Å². The Hall–Kier alpha value is -1.89. The molecule has 0 aliphatic heterocycles. The van der Waals surface area contributed by atoms with E-state index in [-0.39, 0.29) is 23.0 Å². The molecule has 1 saturated carbocycles. The van der Waals surface area contributed by atoms with Gasteiger partial charge in [0.15, 0.2) is 5.16 Å². The molecule has 0 radical (unpaired) electrons. The average molecular weight is 362 g/mol. The first kappa shape index (κ1) is 17.9. The molecule has 1 N–H and O–H groups in total. The van der Waals surface area contributed by atoms with Gasteiger partial charge in [0, 0.05) is 12.5 Å². The van der Waals surface area contributed by atoms with Crippen molar-refractivity contribution in [2.24, 2.45) is 0 Å². The van der Waals surface area contributed by atoms with Gasteiger partial charge >= 0.3 is 0 Å². The maximum Gasteiger partial charge on any atom is 0.233 e. The normalized spacial score (nSPS) is 16.5. The van der Waals surface area contributed by atoms with Crippen LogP contribution in [0.4, 0.5) is 4.39 Å². The van der Waals surface area contributed by atoms with E-state index >= 15 is 0 Å². The van der Waals surface area contributed by atoms with Gasteiger partial charge < -0.3 is 9.88 Å². The molecule has 0 bridgehead atoms. The quantitative estimate of drug-likeness (QED) is 0.764. The Morgan fingerprint density at radius 2 is 2.00 bits per heavy atom. The standard InChI is InChI=1S/C18H23FN4OS/c1-4-23-16(14-5-6-14)21-22-18(23)25-12(3)17(24)20-11(2)13-7-9-15(19)10-8-13/h7-12,14H,4-6H2,1-3H3,(H,20,24). The van der Waals surface area contributed by atoms with Crippen LogP contribution in [0.25, 0.3) is 0 Å². The van der Waals surface area contributed by atoms with Gasteiger partial charge in [-0.25, -0.2) is 4.39 Å². The van der Waals surface area contributed by atoms with Crippen LogP contribution in [-0.2, 0) is 11.3 Å². The molecule has 5 nitrogen and oxygen atoms in total. The molecule has 1 amide bonds. The molecule has 2 aromatic rings. The van der Waals surface area contributed by atoms with E-state index in [9.17, 15) is 9.18 Å². The summed E-state index contributed by atoms with van der Waals surface area (Å²) in [5, 5.41) is 12.1. The van der Waals surface area contributed by atoms with E-state index in [1.54, 1.807) is 12.1 Å². The summed E-state index contributed by atoms with van der Waals surface area (Å²) in [6.07, 6.45) is 2.35. The van der Waals surface area contributed by atoms with Crippen LogP contribution in [0.5, 0.6) is 0 Å². The van der Waals surface area contributed by atoms with Crippen molar-refractivity contribution in [1.82, 2.24) is 20.1 Å². The number of carbonyl (C=O) groups excluding carboxylic acids is 1. The predicted molar refractivity (Wildman–Crippen MR) is 95.9 cm³/mol. The fourth-order valence-electron chi connectivity index (χ4n) is 2.71. The molecule has 2 unspecified atom stereocenters. The predicted octanol–water partition coefficient (Wildman–Crippen LogP) is 3.67. The van der Waals surface area contributed by atoms with Crippen LogP contribution in [0.2, 0.25) is 0 Å². The molecular weight excluding hydrogens is 339 g/mol. The van der Waals surface area contributed by atoms with Crippen LogP contribution in [-0.4, -0.2) is 25.9 Å². The van der Waals surface area contributed by atoms with Crippen LogP contribution < -0.4 is 5.32 Å². The summed E-state index contributed by atoms with van der Waals surface area (Å²) < 4.78 is 15.1. The lowest BCUT2D eigenvalue weighted by atomic mass is 10.1. The number of aromatic nitrogens is 3. The maximum atomic E-state index is 13.0. The third-order valence-corrected chi connectivity index (χ3v) is 5.46. The summed E-state index contributed by atoms with van der Waals surface area (Å²) in [4.78, 5) is 12.5. The molecule has 1 aromatic heterocycles. The first-order valence-corrected chi connectivity index (χ1v) is 9.53. The minimum atomic E-state index is -0.288. The van der Waals surface area contributed by atoms with Gasteiger partial charge in [-0.15, -0.1) is 10.2 Å². The number of carbonyl (C=O) groups is 1. The van der Waals surface area contributed by atoms with Crippen molar-refractivity contribution in [3.8, 4) is 0 Å². The lowest BCUT2D eigenvalue weighted by Gasteiger charge is -2.17. The summed E-state index contributed by atoms with van der Waals surface area (Å²) in [6, 6.07) is 6.00. The van der Waals surface area contributed by atoms with Gasteiger partial charge in [-0.2, -0.15) is 0 Å². The number of benzene rings is 1. The van der Waals surface area contributed by atoms with Crippen LogP contribution in [0.1, 0.15) is 57.0 Å². The number of halogens is 1. The molecule has 7 heteroatoms. The van der Waals surface area contributed by atoms with E-state index in [0.717, 1.165) is 23.1 Å². The fourth-order valence-corrected chi connectivity index (χ4v) is 3.63. The Kier molecular flexibility index (Phi) is 5.42. The maximum absolute atomic E-state index is 13.0. The molecule has 1 fully saturated rings. The third-order valence-electron chi connectivity index (χ3n) is 4.38. The van der Waals surface area contributed by atoms with Gasteiger partial charge in [0.25, 0.3) is 0 Å². The van der Waals surface area contributed by atoms with Gasteiger partial charge in [0.2, 0.25) is 5.91 Å². The molecule has 2 atom stereocenters. The monoisotopic (exact) mass is 362 g/mol. The number of nitrogens with zero attached hydrogens (tertiary/aromatic N) is 3. The molecular formula is C18H23FN4OS. The molecule has 0 saturated heterocycles. The SMILES string of the molecule is CCn1c(SC(C)C(=O)NC(C)c2ccc(F)cc2)nnc1C1CC1. The van der Waals surface area contributed by atoms with Crippen molar-refractivity contribution in [3.63, 3.8) is 0 Å². The second-order valence-electron chi connectivity index (χ2n) is 6.40. The van der Waals surface area contributed by atoms with Crippen LogP contribution in [0.3, 0.4) is 0 Å². The number of rotatable bonds is 7. The first-order valence-electron chi connectivity index (χ1n) is 8.65. The zero-order valence-electron chi connectivity index (χ0n) is 14.7. The van der Waals surface area contributed by atoms with E-state index in [1.807, 2.05) is 13.8 Å². The molecule has 3 rings (SSSR count). The molecule has 134 valence electrons. The van der Waals surface area contributed by atoms with E-state index in [0.29, 0.717) is 5.92 Å². The smallest absolute Gasteiger partial charge is 0.233 e. The van der Waals surface area contributed by atoms with Crippen molar-refractivity contribution in [2.45, 2.75) is 62.5 Å². The minimum Gasteiger partial charge on any atom is -0.349 e. The highest BCUT2D eigenvalue weighted by molar-refractivity contribution is 8.00. The Morgan fingerprint density at radius 3 is 2.60 bits per heavy atom. The Morgan fingerprint density at radius 1 is 1.32 bits per heavy atom. The Labute approximate surface area is 151 Å². The van der Waals surface area contributed by atoms with Gasteiger partial charge in [-0.3, -0.25) is 4.79 Å². The van der Waals surface area contributed by atoms with E-state index in [1.165, 1.54) is 36.7 Å². The van der Waals surface area contributed by atoms with Crippen molar-refractivity contribution >= 4 is 17.7 Å². The van der Waals surface area contributed by atoms with Crippen LogP contribution in [0, 0.1) is 5.82 Å². The Bertz CT molecular complexity index is 742. The number of hydrogen-bond donors (Lipinski definition) is 1. The van der Waals surface area contributed by atoms with Crippen molar-refractivity contribution in [2.75, 3.05) is 0 Å². The van der Waals surface area contributed by atoms with E-state index in [4.69, 9.17) is 0 Å². The van der Waals surface area contributed by atoms with Crippen LogP contribution in [0.15, 0.2) is 29.4 Å². The Balaban J connectivity index is 1.61. The lowest BCUT2D eigenvalue weighted by Crippen LogP contribution is -2.33. The topological polar surface area (TPSA) is 59.8 Å². The number of hydrogen-bond acceptors (Lipinski definition) is 4. The van der Waals surface area contributed by atoms with E-state index < -0.39 is 0 Å². The zero-order valence-corrected chi connectivity index (χ0v) is 15.5. The lowest BCUT2D eigenvalue weighted by molar-refractivity contribution is -0.120. The summed E-state index contributed by atoms with van der Waals surface area (Å²) in [5.41, 5.74) is 0.875. The summed E-state index contributed by atoms with van der Waals surface area (Å²) in [7, 11) is 0. The van der Waals surface area contributed by atoms with Gasteiger partial charge in [0.05, 0.1) is 11.3 Å². The van der Waals surface area contributed by atoms with Crippen molar-refractivity contribution in [1.29, 1.82) is 0 Å². The van der Waals surface area contributed by atoms with E-state index in [2.05, 4.69) is 27.0 Å². The fraction of sp³-hybridized carbons (Fsp3) is 0.500. The highest BCUT2D eigenvalue weighted by Gasteiger charge is 2.30. The highest BCUT2D eigenvalue weighted by atomic mass is 32.2. The largest absolute Gasteiger partial charge is 0.349 e. The van der Waals surface area contributed by atoms with Gasteiger partial charge in [-0.1, -0.05) is 23.9 Å². The number of thioether (sulfide) groups is 1. The van der Waals surface area contributed by atoms with Crippen molar-refractivity contribution < 1.29 is 9.18 Å². The second-order valence-corrected chi connectivity index (χ2v) is 7.71. The van der Waals surface area contributed by atoms with Crippen LogP contribution >= 0.6 is 11.8 Å². The molecule has 1 aliphatic carbocycles. The summed E-state index contributed by atoms with van der Waals surface area (Å²) in [6.45, 7) is 6.63. The summed E-state index contributed by atoms with van der Waals surface area (Å²) in [5.74, 6) is 1.22. The molecule has 0 spiro atoms. The van der Waals surface area contributed by atoms with Crippen molar-refractivity contribution in [3.05, 3.63) is 41.5 Å². The minimum absolute atomic E-state index is 0.0690. The third kappa shape index (κ3) is 4.21.